The van der Waals surface area contributed by atoms with Crippen molar-refractivity contribution < 1.29 is 17.9 Å². The summed E-state index contributed by atoms with van der Waals surface area (Å²) >= 11 is -0.453. The molecule has 1 heterocycles. The fraction of sp³-hybridized carbons (Fsp3) is 0.214. The van der Waals surface area contributed by atoms with Crippen molar-refractivity contribution in [3.05, 3.63) is 45.2 Å². The molecule has 118 valence electrons. The van der Waals surface area contributed by atoms with E-state index in [-0.39, 0.29) is 12.6 Å². The molecule has 1 aromatic heterocycles. The molecule has 0 radical (unpaired) electrons. The van der Waals surface area contributed by atoms with Crippen molar-refractivity contribution in [2.24, 2.45) is 0 Å². The zero-order chi connectivity index (χ0) is 16.2. The van der Waals surface area contributed by atoms with E-state index in [0.29, 0.717) is 17.8 Å². The Balaban J connectivity index is 1.97. The topological polar surface area (TPSA) is 61.0 Å². The van der Waals surface area contributed by atoms with Gasteiger partial charge in [-0.1, -0.05) is 43.4 Å². The lowest BCUT2D eigenvalue weighted by atomic mass is 10.1. The molecule has 0 aliphatic heterocycles. The minimum atomic E-state index is -4.35. The van der Waals surface area contributed by atoms with Crippen LogP contribution in [0.3, 0.4) is 0 Å². The van der Waals surface area contributed by atoms with E-state index in [1.54, 1.807) is 12.3 Å². The average molecular weight is 423 g/mol. The second kappa shape index (κ2) is 7.03. The third kappa shape index (κ3) is 4.39. The van der Waals surface area contributed by atoms with Gasteiger partial charge in [-0.3, -0.25) is 0 Å². The minimum Gasteiger partial charge on any atom is -0.463 e. The van der Waals surface area contributed by atoms with E-state index in [1.165, 1.54) is 6.07 Å². The lowest BCUT2D eigenvalue weighted by molar-refractivity contribution is -0.137. The highest BCUT2D eigenvalue weighted by Gasteiger charge is 2.30. The molecular formula is C14H13F3IN3O. The van der Waals surface area contributed by atoms with Crippen LogP contribution in [-0.4, -0.2) is 21.1 Å². The zero-order valence-electron chi connectivity index (χ0n) is 11.4. The van der Waals surface area contributed by atoms with Crippen LogP contribution in [0.15, 0.2) is 30.5 Å². The normalized spacial score (nSPS) is 11.4. The van der Waals surface area contributed by atoms with Gasteiger partial charge in [0, 0.05) is 12.6 Å². The van der Waals surface area contributed by atoms with E-state index in [2.05, 4.69) is 14.5 Å². The van der Waals surface area contributed by atoms with Gasteiger partial charge < -0.3 is 10.5 Å². The summed E-state index contributed by atoms with van der Waals surface area (Å²) in [5.41, 5.74) is 5.57. The summed E-state index contributed by atoms with van der Waals surface area (Å²) in [5.74, 6) is 0.340. The van der Waals surface area contributed by atoms with Crippen LogP contribution < -0.4 is 10.5 Å². The first-order chi connectivity index (χ1) is 10.4. The lowest BCUT2D eigenvalue weighted by Crippen LogP contribution is -2.08. The van der Waals surface area contributed by atoms with Crippen molar-refractivity contribution in [2.45, 2.75) is 12.6 Å². The van der Waals surface area contributed by atoms with E-state index >= 15 is 0 Å². The van der Waals surface area contributed by atoms with Crippen molar-refractivity contribution in [3.8, 4) is 6.01 Å². The summed E-state index contributed by atoms with van der Waals surface area (Å²) in [6, 6.07) is 5.25. The quantitative estimate of drug-likeness (QED) is 0.751. The molecular weight excluding hydrogens is 410 g/mol. The number of anilines is 1. The second-order valence-corrected chi connectivity index (χ2v) is 6.24. The summed E-state index contributed by atoms with van der Waals surface area (Å²) in [6.45, 7) is 0.166. The van der Waals surface area contributed by atoms with Gasteiger partial charge in [0.15, 0.2) is 0 Å². The molecule has 22 heavy (non-hydrogen) atoms. The number of nitrogens with two attached hydrogens (primary N) is 1. The average Bonchev–Trinajstić information content (AvgIpc) is 2.47. The molecule has 0 spiro atoms. The van der Waals surface area contributed by atoms with E-state index < -0.39 is 32.5 Å². The van der Waals surface area contributed by atoms with Gasteiger partial charge >= 0.3 is 12.2 Å². The standard InChI is InChI=1S/C14H13F3IN3O/c1-18-11-8-20-13(21-12(11)19)22-6-5-9-3-2-4-10(7-9)14(15,16)17/h2-4,7-8H,1,5-6H2,(H2,19,20,21). The fourth-order valence-corrected chi connectivity index (χ4v) is 2.55. The van der Waals surface area contributed by atoms with Crippen LogP contribution in [0.25, 0.3) is 0 Å². The Hall–Kier alpha value is -1.71. The molecule has 0 atom stereocenters. The van der Waals surface area contributed by atoms with Crippen LogP contribution in [0.4, 0.5) is 19.0 Å². The monoisotopic (exact) mass is 423 g/mol. The Morgan fingerprint density at radius 2 is 2.09 bits per heavy atom. The molecule has 0 amide bonds. The number of alkyl halides is 3. The van der Waals surface area contributed by atoms with Gasteiger partial charge in [-0.2, -0.15) is 18.2 Å². The van der Waals surface area contributed by atoms with E-state index in [1.807, 2.05) is 0 Å². The summed E-state index contributed by atoms with van der Waals surface area (Å²) in [6.07, 6.45) is -2.46. The Labute approximate surface area is 135 Å². The molecule has 2 rings (SSSR count). The summed E-state index contributed by atoms with van der Waals surface area (Å²) in [7, 11) is 0. The molecule has 0 unspecified atom stereocenters. The van der Waals surface area contributed by atoms with Crippen LogP contribution >= 0.6 is 20.7 Å². The maximum Gasteiger partial charge on any atom is 0.416 e. The highest BCUT2D eigenvalue weighted by Crippen LogP contribution is 2.29. The molecule has 0 saturated carbocycles. The molecule has 0 aliphatic carbocycles. The molecule has 0 aliphatic rings. The van der Waals surface area contributed by atoms with Gasteiger partial charge in [0.2, 0.25) is 0 Å². The first-order valence-corrected chi connectivity index (χ1v) is 8.80. The molecule has 1 aromatic carbocycles. The van der Waals surface area contributed by atoms with Crippen LogP contribution in [-0.2, 0) is 12.6 Å². The summed E-state index contributed by atoms with van der Waals surface area (Å²) < 4.78 is 47.8. The first kappa shape index (κ1) is 16.7. The molecule has 0 saturated heterocycles. The predicted molar refractivity (Wildman–Crippen MR) is 86.9 cm³/mol. The first-order valence-electron chi connectivity index (χ1n) is 6.20. The third-order valence-electron chi connectivity index (χ3n) is 2.77. The van der Waals surface area contributed by atoms with Crippen LogP contribution in [0.2, 0.25) is 0 Å². The van der Waals surface area contributed by atoms with Crippen molar-refractivity contribution in [3.63, 3.8) is 0 Å². The Kier molecular flexibility index (Phi) is 5.33. The van der Waals surface area contributed by atoms with E-state index in [0.717, 1.165) is 15.7 Å². The molecule has 2 aromatic rings. The van der Waals surface area contributed by atoms with Crippen LogP contribution in [0.1, 0.15) is 11.1 Å². The molecule has 8 heteroatoms. The fourth-order valence-electron chi connectivity index (χ4n) is 1.70. The smallest absolute Gasteiger partial charge is 0.416 e. The lowest BCUT2D eigenvalue weighted by Gasteiger charge is -2.09. The van der Waals surface area contributed by atoms with E-state index in [9.17, 15) is 13.2 Å². The zero-order valence-corrected chi connectivity index (χ0v) is 13.6. The molecule has 0 bridgehead atoms. The molecule has 2 N–H and O–H groups in total. The predicted octanol–water partition coefficient (Wildman–Crippen LogP) is 3.27. The number of nitrogens with zero attached hydrogens (tertiary/aromatic N) is 2. The second-order valence-electron chi connectivity index (χ2n) is 4.32. The number of halogens is 4. The van der Waals surface area contributed by atoms with Crippen LogP contribution in [0.5, 0.6) is 6.01 Å². The SMILES string of the molecule is C=Ic1cnc(OCCc2cccc(C(F)(F)F)c2)nc1N. The van der Waals surface area contributed by atoms with Crippen molar-refractivity contribution >= 4 is 31.1 Å². The van der Waals surface area contributed by atoms with Crippen molar-refractivity contribution in [1.29, 1.82) is 0 Å². The Morgan fingerprint density at radius 3 is 2.73 bits per heavy atom. The van der Waals surface area contributed by atoms with Gasteiger partial charge in [-0.25, -0.2) is 4.98 Å². The third-order valence-corrected chi connectivity index (χ3v) is 4.42. The number of hydrogen-bond acceptors (Lipinski definition) is 4. The summed E-state index contributed by atoms with van der Waals surface area (Å²) in [5, 5.41) is 0. The van der Waals surface area contributed by atoms with Crippen LogP contribution in [0, 0.1) is 3.57 Å². The van der Waals surface area contributed by atoms with Gasteiger partial charge in [0.1, 0.15) is 5.82 Å². The van der Waals surface area contributed by atoms with Gasteiger partial charge in [0.25, 0.3) is 0 Å². The van der Waals surface area contributed by atoms with Crippen molar-refractivity contribution in [2.75, 3.05) is 12.3 Å². The molecule has 0 fully saturated rings. The number of nitrogen functional groups attached to an aromatic ring is 1. The number of hydrogen-bond donors (Lipinski definition) is 1. The maximum absolute atomic E-state index is 12.6. The van der Waals surface area contributed by atoms with Gasteiger partial charge in [-0.05, 0) is 11.6 Å². The molecule has 4 nitrogen and oxygen atoms in total. The minimum absolute atomic E-state index is 0.116. The Morgan fingerprint density at radius 1 is 1.32 bits per heavy atom. The summed E-state index contributed by atoms with van der Waals surface area (Å²) in [4.78, 5) is 7.98. The highest BCUT2D eigenvalue weighted by molar-refractivity contribution is 14.2. The van der Waals surface area contributed by atoms with Gasteiger partial charge in [-0.15, -0.1) is 0 Å². The number of benzene rings is 1. The number of rotatable bonds is 5. The van der Waals surface area contributed by atoms with Crippen molar-refractivity contribution in [1.82, 2.24) is 9.97 Å². The van der Waals surface area contributed by atoms with E-state index in [4.69, 9.17) is 10.5 Å². The number of ether oxygens (including phenoxy) is 1. The maximum atomic E-state index is 12.6. The Bertz CT molecular complexity index is 677. The van der Waals surface area contributed by atoms with Gasteiger partial charge in [0.05, 0.1) is 15.7 Å². The largest absolute Gasteiger partial charge is 0.463 e. The highest BCUT2D eigenvalue weighted by atomic mass is 127. The number of aromatic nitrogens is 2.